The van der Waals surface area contributed by atoms with Crippen molar-refractivity contribution in [1.82, 2.24) is 19.9 Å². The number of carbonyl (C=O) groups is 1. The molecule has 4 aromatic rings. The monoisotopic (exact) mass is 417 g/mol. The Hall–Kier alpha value is -4.58. The van der Waals surface area contributed by atoms with Crippen molar-refractivity contribution in [3.05, 3.63) is 96.1 Å². The van der Waals surface area contributed by atoms with E-state index < -0.39 is 17.6 Å². The first-order valence-electron chi connectivity index (χ1n) is 8.78. The van der Waals surface area contributed by atoms with Gasteiger partial charge in [-0.25, -0.2) is 33.5 Å². The highest BCUT2D eigenvalue weighted by molar-refractivity contribution is 5.95. The van der Waals surface area contributed by atoms with Gasteiger partial charge in [-0.2, -0.15) is 5.26 Å². The molecule has 2 aromatic heterocycles. The van der Waals surface area contributed by atoms with Crippen LogP contribution in [-0.2, 0) is 0 Å². The van der Waals surface area contributed by atoms with E-state index in [0.717, 1.165) is 0 Å². The van der Waals surface area contributed by atoms with Crippen LogP contribution in [0.1, 0.15) is 15.9 Å². The van der Waals surface area contributed by atoms with E-state index in [4.69, 9.17) is 10.4 Å². The molecule has 0 fully saturated rings. The van der Waals surface area contributed by atoms with Crippen molar-refractivity contribution in [2.75, 3.05) is 0 Å². The van der Waals surface area contributed by atoms with E-state index in [0.29, 0.717) is 0 Å². The van der Waals surface area contributed by atoms with Gasteiger partial charge >= 0.3 is 5.97 Å². The first kappa shape index (κ1) is 21.1. The van der Waals surface area contributed by atoms with Gasteiger partial charge in [0.05, 0.1) is 28.3 Å². The molecule has 0 aliphatic carbocycles. The van der Waals surface area contributed by atoms with Crippen LogP contribution in [0.3, 0.4) is 0 Å². The molecule has 0 aliphatic rings. The molecule has 4 rings (SSSR count). The Kier molecular flexibility index (Phi) is 6.65. The number of halogens is 2. The zero-order valence-corrected chi connectivity index (χ0v) is 15.8. The molecular formula is C22H13F2N5O2. The van der Waals surface area contributed by atoms with Crippen LogP contribution in [-0.4, -0.2) is 31.0 Å². The lowest BCUT2D eigenvalue weighted by molar-refractivity contribution is 0.0697. The second kappa shape index (κ2) is 9.76. The van der Waals surface area contributed by atoms with E-state index in [1.54, 1.807) is 12.1 Å². The maximum Gasteiger partial charge on any atom is 0.336 e. The number of rotatable bonds is 3. The number of carboxylic acid groups (broad SMARTS) is 1. The first-order chi connectivity index (χ1) is 15.0. The van der Waals surface area contributed by atoms with Crippen molar-refractivity contribution in [3.8, 4) is 28.8 Å². The van der Waals surface area contributed by atoms with E-state index in [2.05, 4.69) is 19.9 Å². The van der Waals surface area contributed by atoms with Crippen molar-refractivity contribution in [2.45, 2.75) is 0 Å². The molecule has 0 saturated heterocycles. The SMILES string of the molecule is N#Cc1cccc(F)c1-c1ncccn1.O=C(O)c1cccc(F)c1-c1ncccn1. The van der Waals surface area contributed by atoms with Gasteiger partial charge in [0, 0.05) is 24.8 Å². The largest absolute Gasteiger partial charge is 0.478 e. The third-order valence-corrected chi connectivity index (χ3v) is 3.96. The van der Waals surface area contributed by atoms with Crippen molar-refractivity contribution < 1.29 is 18.7 Å². The summed E-state index contributed by atoms with van der Waals surface area (Å²) in [4.78, 5) is 26.4. The number of carboxylic acids is 1. The van der Waals surface area contributed by atoms with E-state index in [9.17, 15) is 13.6 Å². The second-order valence-corrected chi connectivity index (χ2v) is 5.89. The number of nitrogens with zero attached hydrogens (tertiary/aromatic N) is 5. The van der Waals surface area contributed by atoms with Crippen LogP contribution in [0, 0.1) is 23.0 Å². The molecule has 0 unspecified atom stereocenters. The van der Waals surface area contributed by atoms with Crippen LogP contribution in [0.4, 0.5) is 8.78 Å². The summed E-state index contributed by atoms with van der Waals surface area (Å²) in [5, 5.41) is 17.8. The Morgan fingerprint density at radius 2 is 1.26 bits per heavy atom. The summed E-state index contributed by atoms with van der Waals surface area (Å²) < 4.78 is 27.0. The van der Waals surface area contributed by atoms with Crippen molar-refractivity contribution in [3.63, 3.8) is 0 Å². The molecule has 7 nitrogen and oxygen atoms in total. The molecule has 0 amide bonds. The van der Waals surface area contributed by atoms with Gasteiger partial charge in [0.1, 0.15) is 11.6 Å². The average molecular weight is 417 g/mol. The molecule has 0 bridgehead atoms. The van der Waals surface area contributed by atoms with Gasteiger partial charge in [0.15, 0.2) is 11.6 Å². The minimum absolute atomic E-state index is 0.0676. The third kappa shape index (κ3) is 4.89. The normalized spacial score (nSPS) is 9.84. The molecule has 0 radical (unpaired) electrons. The van der Waals surface area contributed by atoms with Crippen LogP contribution < -0.4 is 0 Å². The standard InChI is InChI=1S/C11H6FN3.C11H7FN2O2/c12-9-4-1-3-8(7-13)10(9)11-14-5-2-6-15-11;12-8-4-1-3-7(11(15)16)9(8)10-13-5-2-6-14-10/h1-6H;1-6H,(H,15,16). The first-order valence-corrected chi connectivity index (χ1v) is 8.78. The van der Waals surface area contributed by atoms with Gasteiger partial charge in [0.2, 0.25) is 0 Å². The van der Waals surface area contributed by atoms with E-state index >= 15 is 0 Å². The highest BCUT2D eigenvalue weighted by Gasteiger charge is 2.17. The van der Waals surface area contributed by atoms with Crippen LogP contribution in [0.2, 0.25) is 0 Å². The van der Waals surface area contributed by atoms with Gasteiger partial charge in [-0.15, -0.1) is 0 Å². The van der Waals surface area contributed by atoms with E-state index in [1.807, 2.05) is 6.07 Å². The summed E-state index contributed by atoms with van der Waals surface area (Å²) in [5.41, 5.74) is 0.156. The number of nitriles is 1. The Morgan fingerprint density at radius 1 is 0.774 bits per heavy atom. The smallest absolute Gasteiger partial charge is 0.336 e. The minimum Gasteiger partial charge on any atom is -0.478 e. The van der Waals surface area contributed by atoms with Gasteiger partial charge in [-0.05, 0) is 36.4 Å². The predicted molar refractivity (Wildman–Crippen MR) is 107 cm³/mol. The molecule has 0 saturated carbocycles. The average Bonchev–Trinajstić information content (AvgIpc) is 2.80. The maximum absolute atomic E-state index is 13.6. The lowest BCUT2D eigenvalue weighted by atomic mass is 10.1. The Bertz CT molecular complexity index is 1250. The van der Waals surface area contributed by atoms with Crippen LogP contribution >= 0.6 is 0 Å². The van der Waals surface area contributed by atoms with E-state index in [1.165, 1.54) is 61.2 Å². The molecule has 1 N–H and O–H groups in total. The molecule has 0 aliphatic heterocycles. The Morgan fingerprint density at radius 3 is 1.77 bits per heavy atom. The summed E-state index contributed by atoms with van der Waals surface area (Å²) in [6, 6.07) is 13.3. The zero-order valence-electron chi connectivity index (χ0n) is 15.8. The minimum atomic E-state index is -1.21. The van der Waals surface area contributed by atoms with Crippen molar-refractivity contribution in [1.29, 1.82) is 5.26 Å². The van der Waals surface area contributed by atoms with Crippen LogP contribution in [0.5, 0.6) is 0 Å². The van der Waals surface area contributed by atoms with Gasteiger partial charge < -0.3 is 5.11 Å². The summed E-state index contributed by atoms with van der Waals surface area (Å²) in [6.45, 7) is 0. The molecule has 2 aromatic carbocycles. The number of hydrogen-bond donors (Lipinski definition) is 1. The maximum atomic E-state index is 13.6. The summed E-state index contributed by atoms with van der Waals surface area (Å²) in [5.74, 6) is -2.04. The molecule has 2 heterocycles. The summed E-state index contributed by atoms with van der Waals surface area (Å²) >= 11 is 0. The van der Waals surface area contributed by atoms with E-state index in [-0.39, 0.29) is 33.9 Å². The molecular weight excluding hydrogens is 404 g/mol. The number of aromatic carboxylic acids is 1. The van der Waals surface area contributed by atoms with Crippen LogP contribution in [0.15, 0.2) is 73.3 Å². The fourth-order valence-corrected chi connectivity index (χ4v) is 2.63. The van der Waals surface area contributed by atoms with Crippen molar-refractivity contribution in [2.24, 2.45) is 0 Å². The lowest BCUT2D eigenvalue weighted by Gasteiger charge is -2.05. The lowest BCUT2D eigenvalue weighted by Crippen LogP contribution is -2.03. The number of aromatic nitrogens is 4. The van der Waals surface area contributed by atoms with Crippen molar-refractivity contribution >= 4 is 5.97 Å². The number of benzene rings is 2. The fraction of sp³-hybridized carbons (Fsp3) is 0. The molecule has 152 valence electrons. The van der Waals surface area contributed by atoms with Gasteiger partial charge in [0.25, 0.3) is 0 Å². The van der Waals surface area contributed by atoms with Gasteiger partial charge in [-0.3, -0.25) is 0 Å². The second-order valence-electron chi connectivity index (χ2n) is 5.89. The fourth-order valence-electron chi connectivity index (χ4n) is 2.63. The topological polar surface area (TPSA) is 113 Å². The highest BCUT2D eigenvalue weighted by atomic mass is 19.1. The predicted octanol–water partition coefficient (Wildman–Crippen LogP) is 4.14. The third-order valence-electron chi connectivity index (χ3n) is 3.96. The summed E-state index contributed by atoms with van der Waals surface area (Å²) in [7, 11) is 0. The van der Waals surface area contributed by atoms with Crippen LogP contribution in [0.25, 0.3) is 22.8 Å². The molecule has 31 heavy (non-hydrogen) atoms. The highest BCUT2D eigenvalue weighted by Crippen LogP contribution is 2.23. The molecule has 0 atom stereocenters. The Balaban J connectivity index is 0.000000176. The van der Waals surface area contributed by atoms with Gasteiger partial charge in [-0.1, -0.05) is 12.1 Å². The summed E-state index contributed by atoms with van der Waals surface area (Å²) in [6.07, 6.45) is 5.88. The molecule has 0 spiro atoms. The molecule has 9 heteroatoms. The Labute approximate surface area is 175 Å². The zero-order chi connectivity index (χ0) is 22.2. The quantitative estimate of drug-likeness (QED) is 0.533. The number of hydrogen-bond acceptors (Lipinski definition) is 6.